The maximum Gasteiger partial charge on any atom is 0.0226 e. The van der Waals surface area contributed by atoms with Crippen LogP contribution in [0, 0.1) is 5.92 Å². The molecule has 2 heteroatoms. The van der Waals surface area contributed by atoms with Crippen LogP contribution < -0.4 is 5.73 Å². The van der Waals surface area contributed by atoms with Crippen LogP contribution in [0.15, 0.2) is 42.5 Å². The van der Waals surface area contributed by atoms with E-state index in [-0.39, 0.29) is 18.4 Å². The number of allylic oxidation sites excluding steroid dienone is 1. The molecule has 1 rings (SSSR count). The van der Waals surface area contributed by atoms with Crippen molar-refractivity contribution in [3.8, 4) is 0 Å². The topological polar surface area (TPSA) is 26.0 Å². The zero-order valence-electron chi connectivity index (χ0n) is 10.1. The van der Waals surface area contributed by atoms with Crippen molar-refractivity contribution in [3.05, 3.63) is 48.0 Å². The van der Waals surface area contributed by atoms with Crippen LogP contribution in [0.4, 0.5) is 0 Å². The first-order valence-corrected chi connectivity index (χ1v) is 5.64. The lowest BCUT2D eigenvalue weighted by atomic mass is 10.0. The van der Waals surface area contributed by atoms with Crippen molar-refractivity contribution in [2.75, 3.05) is 0 Å². The molecule has 0 saturated carbocycles. The average Bonchev–Trinajstić information content (AvgIpc) is 2.18. The Morgan fingerprint density at radius 3 is 2.38 bits per heavy atom. The van der Waals surface area contributed by atoms with Crippen LogP contribution in [0.25, 0.3) is 0 Å². The molecule has 2 N–H and O–H groups in total. The summed E-state index contributed by atoms with van der Waals surface area (Å²) in [5.41, 5.74) is 7.29. The lowest BCUT2D eigenvalue weighted by Gasteiger charge is -2.08. The van der Waals surface area contributed by atoms with Crippen molar-refractivity contribution in [2.24, 2.45) is 11.7 Å². The number of halogens is 1. The summed E-state index contributed by atoms with van der Waals surface area (Å²) in [5.74, 6) is 0.668. The van der Waals surface area contributed by atoms with Gasteiger partial charge in [0.25, 0.3) is 0 Å². The molecule has 1 atom stereocenters. The van der Waals surface area contributed by atoms with Crippen molar-refractivity contribution in [1.29, 1.82) is 0 Å². The highest BCUT2D eigenvalue weighted by Gasteiger charge is 2.00. The highest BCUT2D eigenvalue weighted by molar-refractivity contribution is 5.85. The fraction of sp³-hybridized carbons (Fsp3) is 0.429. The molecular formula is C14H22ClN. The molecule has 0 radical (unpaired) electrons. The molecule has 1 nitrogen and oxygen atoms in total. The molecule has 0 amide bonds. The quantitative estimate of drug-likeness (QED) is 0.781. The lowest BCUT2D eigenvalue weighted by molar-refractivity contribution is 0.546. The normalized spacial score (nSPS) is 12.8. The van der Waals surface area contributed by atoms with Gasteiger partial charge in [0, 0.05) is 6.04 Å². The molecule has 0 saturated heterocycles. The van der Waals surface area contributed by atoms with Gasteiger partial charge >= 0.3 is 0 Å². The van der Waals surface area contributed by atoms with Gasteiger partial charge in [0.05, 0.1) is 0 Å². The van der Waals surface area contributed by atoms with Crippen LogP contribution >= 0.6 is 12.4 Å². The van der Waals surface area contributed by atoms with Crippen molar-refractivity contribution >= 4 is 12.4 Å². The Labute approximate surface area is 105 Å². The van der Waals surface area contributed by atoms with E-state index in [9.17, 15) is 0 Å². The summed E-state index contributed by atoms with van der Waals surface area (Å²) in [4.78, 5) is 0. The first kappa shape index (κ1) is 15.2. The summed E-state index contributed by atoms with van der Waals surface area (Å²) in [7, 11) is 0. The molecule has 0 bridgehead atoms. The molecule has 0 aliphatic rings. The summed E-state index contributed by atoms with van der Waals surface area (Å²) in [6.45, 7) is 4.40. The Hall–Kier alpha value is -0.790. The first-order valence-electron chi connectivity index (χ1n) is 5.64. The van der Waals surface area contributed by atoms with Crippen molar-refractivity contribution in [1.82, 2.24) is 0 Å². The van der Waals surface area contributed by atoms with E-state index < -0.39 is 0 Å². The highest BCUT2D eigenvalue weighted by atomic mass is 35.5. The predicted octanol–water partition coefficient (Wildman–Crippen LogP) is 3.58. The zero-order chi connectivity index (χ0) is 11.1. The molecule has 16 heavy (non-hydrogen) atoms. The maximum absolute atomic E-state index is 5.95. The molecule has 1 aromatic rings. The van der Waals surface area contributed by atoms with Gasteiger partial charge in [-0.05, 0) is 24.3 Å². The Morgan fingerprint density at radius 1 is 1.19 bits per heavy atom. The van der Waals surface area contributed by atoms with E-state index in [1.807, 2.05) is 6.07 Å². The molecule has 0 spiro atoms. The second kappa shape index (κ2) is 8.37. The van der Waals surface area contributed by atoms with Crippen molar-refractivity contribution < 1.29 is 0 Å². The first-order chi connectivity index (χ1) is 7.18. The Bertz CT molecular complexity index is 293. The third kappa shape index (κ3) is 6.65. The second-order valence-corrected chi connectivity index (χ2v) is 4.41. The molecular weight excluding hydrogens is 218 g/mol. The fourth-order valence-electron chi connectivity index (χ4n) is 1.62. The second-order valence-electron chi connectivity index (χ2n) is 4.41. The van der Waals surface area contributed by atoms with E-state index in [4.69, 9.17) is 5.73 Å². The van der Waals surface area contributed by atoms with Gasteiger partial charge in [-0.25, -0.2) is 0 Å². The highest BCUT2D eigenvalue weighted by Crippen LogP contribution is 2.05. The fourth-order valence-corrected chi connectivity index (χ4v) is 1.62. The summed E-state index contributed by atoms with van der Waals surface area (Å²) in [6, 6.07) is 10.6. The standard InChI is InChI=1S/C14H21N.ClH/c1-12(2)11-14(15)10-6-9-13-7-4-3-5-8-13;/h3-8,10,12,14H,9,11,15H2,1-2H3;1H/b10-6+;/t14-;/m1./s1. The van der Waals surface area contributed by atoms with Crippen LogP contribution in [-0.4, -0.2) is 6.04 Å². The lowest BCUT2D eigenvalue weighted by Crippen LogP contribution is -2.18. The number of hydrogen-bond acceptors (Lipinski definition) is 1. The van der Waals surface area contributed by atoms with Gasteiger partial charge in [-0.15, -0.1) is 12.4 Å². The predicted molar refractivity (Wildman–Crippen MR) is 74.0 cm³/mol. The minimum atomic E-state index is 0. The summed E-state index contributed by atoms with van der Waals surface area (Å²) >= 11 is 0. The molecule has 0 aliphatic carbocycles. The number of benzene rings is 1. The molecule has 0 unspecified atom stereocenters. The minimum Gasteiger partial charge on any atom is -0.324 e. The third-order valence-corrected chi connectivity index (χ3v) is 2.32. The van der Waals surface area contributed by atoms with E-state index in [1.165, 1.54) is 5.56 Å². The van der Waals surface area contributed by atoms with Gasteiger partial charge in [-0.2, -0.15) is 0 Å². The van der Waals surface area contributed by atoms with E-state index in [2.05, 4.69) is 50.3 Å². The summed E-state index contributed by atoms with van der Waals surface area (Å²) in [5, 5.41) is 0. The number of hydrogen-bond donors (Lipinski definition) is 1. The Kier molecular flexibility index (Phi) is 7.96. The van der Waals surface area contributed by atoms with Crippen molar-refractivity contribution in [2.45, 2.75) is 32.7 Å². The van der Waals surface area contributed by atoms with E-state index in [1.54, 1.807) is 0 Å². The average molecular weight is 240 g/mol. The van der Waals surface area contributed by atoms with Gasteiger partial charge in [0.2, 0.25) is 0 Å². The van der Waals surface area contributed by atoms with E-state index in [0.29, 0.717) is 5.92 Å². The minimum absolute atomic E-state index is 0. The number of rotatable bonds is 5. The Balaban J connectivity index is 0.00000225. The van der Waals surface area contributed by atoms with Crippen molar-refractivity contribution in [3.63, 3.8) is 0 Å². The van der Waals surface area contributed by atoms with Gasteiger partial charge in [-0.1, -0.05) is 56.3 Å². The SMILES string of the molecule is CC(C)C[C@H](N)/C=C/Cc1ccccc1.Cl. The maximum atomic E-state index is 5.95. The zero-order valence-corrected chi connectivity index (χ0v) is 10.9. The van der Waals surface area contributed by atoms with Crippen LogP contribution in [-0.2, 0) is 6.42 Å². The van der Waals surface area contributed by atoms with Gasteiger partial charge < -0.3 is 5.73 Å². The largest absolute Gasteiger partial charge is 0.324 e. The third-order valence-electron chi connectivity index (χ3n) is 2.32. The van der Waals surface area contributed by atoms with E-state index in [0.717, 1.165) is 12.8 Å². The van der Waals surface area contributed by atoms with Crippen LogP contribution in [0.1, 0.15) is 25.8 Å². The van der Waals surface area contributed by atoms with E-state index >= 15 is 0 Å². The van der Waals surface area contributed by atoms with Crippen LogP contribution in [0.3, 0.4) is 0 Å². The summed E-state index contributed by atoms with van der Waals surface area (Å²) in [6.07, 6.45) is 6.33. The summed E-state index contributed by atoms with van der Waals surface area (Å²) < 4.78 is 0. The van der Waals surface area contributed by atoms with Gasteiger partial charge in [0.15, 0.2) is 0 Å². The molecule has 0 aromatic heterocycles. The molecule has 1 aromatic carbocycles. The van der Waals surface area contributed by atoms with Gasteiger partial charge in [0.1, 0.15) is 0 Å². The molecule has 0 aliphatic heterocycles. The smallest absolute Gasteiger partial charge is 0.0226 e. The molecule has 0 heterocycles. The Morgan fingerprint density at radius 2 is 1.81 bits per heavy atom. The molecule has 0 fully saturated rings. The monoisotopic (exact) mass is 239 g/mol. The van der Waals surface area contributed by atoms with Crippen LogP contribution in [0.5, 0.6) is 0 Å². The van der Waals surface area contributed by atoms with Crippen LogP contribution in [0.2, 0.25) is 0 Å². The number of nitrogens with two attached hydrogens (primary N) is 1. The molecule has 90 valence electrons. The van der Waals surface area contributed by atoms with Gasteiger partial charge in [-0.3, -0.25) is 0 Å².